The normalized spacial score (nSPS) is 18.1. The number of hydrogen-bond acceptors (Lipinski definition) is 1. The second kappa shape index (κ2) is 5.54. The molecular weight excluding hydrogens is 277 g/mol. The molecule has 1 nitrogen and oxygen atoms in total. The van der Waals surface area contributed by atoms with E-state index in [0.29, 0.717) is 6.04 Å². The molecule has 0 saturated heterocycles. The number of nitrogens with one attached hydrogen (secondary N) is 1. The molecule has 0 aliphatic carbocycles. The Morgan fingerprint density at radius 3 is 2.84 bits per heavy atom. The van der Waals surface area contributed by atoms with Crippen molar-refractivity contribution in [2.24, 2.45) is 0 Å². The van der Waals surface area contributed by atoms with Crippen LogP contribution in [0.5, 0.6) is 0 Å². The third-order valence-corrected chi connectivity index (χ3v) is 4.25. The highest BCUT2D eigenvalue weighted by Gasteiger charge is 2.20. The first-order valence-electron chi connectivity index (χ1n) is 6.49. The van der Waals surface area contributed by atoms with Crippen LogP contribution in [0.4, 0.5) is 0 Å². The van der Waals surface area contributed by atoms with Crippen LogP contribution in [0.15, 0.2) is 42.5 Å². The van der Waals surface area contributed by atoms with Crippen LogP contribution >= 0.6 is 23.2 Å². The highest BCUT2D eigenvalue weighted by molar-refractivity contribution is 6.33. The fourth-order valence-corrected chi connectivity index (χ4v) is 3.08. The second-order valence-corrected chi connectivity index (χ2v) is 5.74. The van der Waals surface area contributed by atoms with Crippen LogP contribution in [0.3, 0.4) is 0 Å². The van der Waals surface area contributed by atoms with Crippen LogP contribution < -0.4 is 5.32 Å². The summed E-state index contributed by atoms with van der Waals surface area (Å²) in [5, 5.41) is 5.09. The molecule has 0 aromatic heterocycles. The summed E-state index contributed by atoms with van der Waals surface area (Å²) in [6.07, 6.45) is 1.96. The Bertz CT molecular complexity index is 595. The smallest absolute Gasteiger partial charge is 0.0439 e. The van der Waals surface area contributed by atoms with Crippen LogP contribution in [-0.4, -0.2) is 6.54 Å². The predicted molar refractivity (Wildman–Crippen MR) is 81.1 cm³/mol. The third-order valence-electron chi connectivity index (χ3n) is 3.65. The molecule has 3 rings (SSSR count). The summed E-state index contributed by atoms with van der Waals surface area (Å²) in [4.78, 5) is 0. The van der Waals surface area contributed by atoms with E-state index in [4.69, 9.17) is 23.2 Å². The van der Waals surface area contributed by atoms with Crippen LogP contribution in [0.1, 0.15) is 22.7 Å². The van der Waals surface area contributed by atoms with E-state index in [1.165, 1.54) is 11.1 Å². The number of halogens is 2. The summed E-state index contributed by atoms with van der Waals surface area (Å²) in [7, 11) is 0. The molecule has 0 spiro atoms. The van der Waals surface area contributed by atoms with Crippen molar-refractivity contribution >= 4 is 23.2 Å². The first-order valence-corrected chi connectivity index (χ1v) is 7.25. The summed E-state index contributed by atoms with van der Waals surface area (Å²) >= 11 is 12.3. The highest BCUT2D eigenvalue weighted by atomic mass is 35.5. The standard InChI is InChI=1S/C16H15Cl2N/c17-13-5-6-15(18)12(9-13)10-16-14-4-2-1-3-11(14)7-8-19-16/h1-6,9,16,19H,7-8,10H2. The van der Waals surface area contributed by atoms with Gasteiger partial charge in [-0.05, 0) is 54.3 Å². The van der Waals surface area contributed by atoms with E-state index in [9.17, 15) is 0 Å². The van der Waals surface area contributed by atoms with Gasteiger partial charge in [0, 0.05) is 16.1 Å². The first-order chi connectivity index (χ1) is 9.24. The lowest BCUT2D eigenvalue weighted by Crippen LogP contribution is -2.31. The van der Waals surface area contributed by atoms with Crippen molar-refractivity contribution in [2.45, 2.75) is 18.9 Å². The summed E-state index contributed by atoms with van der Waals surface area (Å²) in [5.41, 5.74) is 3.91. The first kappa shape index (κ1) is 13.0. The Balaban J connectivity index is 1.90. The highest BCUT2D eigenvalue weighted by Crippen LogP contribution is 2.29. The van der Waals surface area contributed by atoms with Gasteiger partial charge in [-0.25, -0.2) is 0 Å². The van der Waals surface area contributed by atoms with Gasteiger partial charge in [-0.15, -0.1) is 0 Å². The monoisotopic (exact) mass is 291 g/mol. The van der Waals surface area contributed by atoms with Crippen molar-refractivity contribution < 1.29 is 0 Å². The molecular formula is C16H15Cl2N. The molecule has 0 amide bonds. The second-order valence-electron chi connectivity index (χ2n) is 4.90. The Labute approximate surface area is 123 Å². The lowest BCUT2D eigenvalue weighted by Gasteiger charge is -2.27. The molecule has 19 heavy (non-hydrogen) atoms. The van der Waals surface area contributed by atoms with E-state index in [2.05, 4.69) is 29.6 Å². The fraction of sp³-hybridized carbons (Fsp3) is 0.250. The maximum absolute atomic E-state index is 6.26. The molecule has 2 aromatic carbocycles. The van der Waals surface area contributed by atoms with E-state index in [1.807, 2.05) is 18.2 Å². The lowest BCUT2D eigenvalue weighted by atomic mass is 9.90. The van der Waals surface area contributed by atoms with Gasteiger partial charge in [0.2, 0.25) is 0 Å². The maximum atomic E-state index is 6.26. The maximum Gasteiger partial charge on any atom is 0.0439 e. The molecule has 1 N–H and O–H groups in total. The number of hydrogen-bond donors (Lipinski definition) is 1. The van der Waals surface area contributed by atoms with Crippen molar-refractivity contribution in [3.05, 3.63) is 69.2 Å². The molecule has 1 unspecified atom stereocenters. The third kappa shape index (κ3) is 2.79. The molecule has 0 bridgehead atoms. The average Bonchev–Trinajstić information content (AvgIpc) is 2.43. The minimum absolute atomic E-state index is 0.320. The SMILES string of the molecule is Clc1ccc(Cl)c(CC2NCCc3ccccc32)c1. The summed E-state index contributed by atoms with van der Waals surface area (Å²) < 4.78 is 0. The minimum atomic E-state index is 0.320. The zero-order valence-electron chi connectivity index (χ0n) is 10.5. The van der Waals surface area contributed by atoms with E-state index in [1.54, 1.807) is 0 Å². The van der Waals surface area contributed by atoms with E-state index < -0.39 is 0 Å². The largest absolute Gasteiger partial charge is 0.309 e. The molecule has 98 valence electrons. The molecule has 1 aliphatic heterocycles. The zero-order valence-corrected chi connectivity index (χ0v) is 12.0. The van der Waals surface area contributed by atoms with Gasteiger partial charge in [0.25, 0.3) is 0 Å². The minimum Gasteiger partial charge on any atom is -0.309 e. The van der Waals surface area contributed by atoms with Crippen LogP contribution in [0.2, 0.25) is 10.0 Å². The number of rotatable bonds is 2. The average molecular weight is 292 g/mol. The van der Waals surface area contributed by atoms with Crippen molar-refractivity contribution in [3.63, 3.8) is 0 Å². The zero-order chi connectivity index (χ0) is 13.2. The lowest BCUT2D eigenvalue weighted by molar-refractivity contribution is 0.502. The Kier molecular flexibility index (Phi) is 3.79. The molecule has 0 fully saturated rings. The van der Waals surface area contributed by atoms with Gasteiger partial charge >= 0.3 is 0 Å². The Hall–Kier alpha value is -1.02. The van der Waals surface area contributed by atoms with E-state index in [0.717, 1.165) is 35.0 Å². The van der Waals surface area contributed by atoms with Crippen molar-refractivity contribution in [1.29, 1.82) is 0 Å². The van der Waals surface area contributed by atoms with Crippen molar-refractivity contribution in [1.82, 2.24) is 5.32 Å². The molecule has 1 aliphatic rings. The molecule has 2 aromatic rings. The quantitative estimate of drug-likeness (QED) is 0.863. The fourth-order valence-electron chi connectivity index (χ4n) is 2.69. The van der Waals surface area contributed by atoms with Crippen LogP contribution in [-0.2, 0) is 12.8 Å². The summed E-state index contributed by atoms with van der Waals surface area (Å²) in [6, 6.07) is 14.6. The van der Waals surface area contributed by atoms with Gasteiger partial charge in [-0.1, -0.05) is 47.5 Å². The van der Waals surface area contributed by atoms with Gasteiger partial charge in [0.1, 0.15) is 0 Å². The van der Waals surface area contributed by atoms with Crippen molar-refractivity contribution in [3.8, 4) is 0 Å². The topological polar surface area (TPSA) is 12.0 Å². The Morgan fingerprint density at radius 2 is 1.95 bits per heavy atom. The predicted octanol–water partition coefficient (Wildman–Crippen LogP) is 4.42. The molecule has 0 radical (unpaired) electrons. The van der Waals surface area contributed by atoms with Crippen molar-refractivity contribution in [2.75, 3.05) is 6.54 Å². The van der Waals surface area contributed by atoms with Crippen LogP contribution in [0.25, 0.3) is 0 Å². The number of fused-ring (bicyclic) bond motifs is 1. The molecule has 1 heterocycles. The molecule has 3 heteroatoms. The molecule has 1 atom stereocenters. The van der Waals surface area contributed by atoms with Gasteiger partial charge in [0.05, 0.1) is 0 Å². The van der Waals surface area contributed by atoms with Gasteiger partial charge in [-0.3, -0.25) is 0 Å². The Morgan fingerprint density at radius 1 is 1.11 bits per heavy atom. The van der Waals surface area contributed by atoms with Gasteiger partial charge in [-0.2, -0.15) is 0 Å². The van der Waals surface area contributed by atoms with E-state index in [-0.39, 0.29) is 0 Å². The molecule has 0 saturated carbocycles. The van der Waals surface area contributed by atoms with E-state index >= 15 is 0 Å². The summed E-state index contributed by atoms with van der Waals surface area (Å²) in [6.45, 7) is 1.01. The summed E-state index contributed by atoms with van der Waals surface area (Å²) in [5.74, 6) is 0. The van der Waals surface area contributed by atoms with Crippen LogP contribution in [0, 0.1) is 0 Å². The van der Waals surface area contributed by atoms with Gasteiger partial charge in [0.15, 0.2) is 0 Å². The number of benzene rings is 2. The van der Waals surface area contributed by atoms with Gasteiger partial charge < -0.3 is 5.32 Å².